The van der Waals surface area contributed by atoms with Gasteiger partial charge in [-0.3, -0.25) is 14.5 Å². The van der Waals surface area contributed by atoms with Gasteiger partial charge in [0.05, 0.1) is 0 Å². The van der Waals surface area contributed by atoms with Gasteiger partial charge in [0.2, 0.25) is 5.91 Å². The second kappa shape index (κ2) is 11.4. The van der Waals surface area contributed by atoms with Gasteiger partial charge in [-0.05, 0) is 49.4 Å². The van der Waals surface area contributed by atoms with Gasteiger partial charge in [-0.25, -0.2) is 4.39 Å². The van der Waals surface area contributed by atoms with Crippen LogP contribution in [0.25, 0.3) is 0 Å². The van der Waals surface area contributed by atoms with E-state index in [4.69, 9.17) is 4.74 Å². The first kappa shape index (κ1) is 24.2. The smallest absolute Gasteiger partial charge is 0.254 e. The maximum atomic E-state index is 13.4. The molecule has 1 N–H and O–H groups in total. The van der Waals surface area contributed by atoms with Crippen molar-refractivity contribution in [1.29, 1.82) is 0 Å². The molecule has 2 heterocycles. The molecule has 2 amide bonds. The highest BCUT2D eigenvalue weighted by molar-refractivity contribution is 5.94. The highest BCUT2D eigenvalue weighted by atomic mass is 19.1. The molecule has 7 nitrogen and oxygen atoms in total. The van der Waals surface area contributed by atoms with Gasteiger partial charge in [-0.15, -0.1) is 0 Å². The highest BCUT2D eigenvalue weighted by Gasteiger charge is 2.23. The molecular weight excluding hydrogens is 435 g/mol. The molecule has 2 saturated heterocycles. The largest absolute Gasteiger partial charge is 0.492 e. The summed E-state index contributed by atoms with van der Waals surface area (Å²) in [7, 11) is 2.07. The summed E-state index contributed by atoms with van der Waals surface area (Å²) < 4.78 is 19.4. The SMILES string of the molecule is CN(Cc1cccc(OCCN2CCN(C(=O)c3cccc(F)c3)CC2)c1)C[C@@H]1CCC(=O)N1. The Morgan fingerprint density at radius 3 is 2.68 bits per heavy atom. The van der Waals surface area contributed by atoms with E-state index in [-0.39, 0.29) is 23.7 Å². The van der Waals surface area contributed by atoms with Crippen molar-refractivity contribution < 1.29 is 18.7 Å². The molecule has 2 fully saturated rings. The van der Waals surface area contributed by atoms with E-state index in [1.807, 2.05) is 12.1 Å². The molecule has 1 atom stereocenters. The summed E-state index contributed by atoms with van der Waals surface area (Å²) in [6.07, 6.45) is 1.53. The number of carbonyl (C=O) groups is 2. The third-order valence-electron chi connectivity index (χ3n) is 6.38. The molecule has 182 valence electrons. The summed E-state index contributed by atoms with van der Waals surface area (Å²) in [5.41, 5.74) is 1.57. The topological polar surface area (TPSA) is 65.1 Å². The lowest BCUT2D eigenvalue weighted by Gasteiger charge is -2.34. The third-order valence-corrected chi connectivity index (χ3v) is 6.38. The van der Waals surface area contributed by atoms with Crippen molar-refractivity contribution >= 4 is 11.8 Å². The Morgan fingerprint density at radius 2 is 1.94 bits per heavy atom. The average molecular weight is 469 g/mol. The van der Waals surface area contributed by atoms with Crippen LogP contribution < -0.4 is 10.1 Å². The van der Waals surface area contributed by atoms with Gasteiger partial charge < -0.3 is 19.9 Å². The van der Waals surface area contributed by atoms with Gasteiger partial charge >= 0.3 is 0 Å². The molecule has 0 radical (unpaired) electrons. The number of amides is 2. The number of halogens is 1. The first-order valence-corrected chi connectivity index (χ1v) is 11.9. The van der Waals surface area contributed by atoms with E-state index in [0.29, 0.717) is 31.7 Å². The summed E-state index contributed by atoms with van der Waals surface area (Å²) in [5.74, 6) is 0.487. The van der Waals surface area contributed by atoms with Crippen LogP contribution in [0.15, 0.2) is 48.5 Å². The fourth-order valence-corrected chi connectivity index (χ4v) is 4.57. The summed E-state index contributed by atoms with van der Waals surface area (Å²) in [4.78, 5) is 30.2. The van der Waals surface area contributed by atoms with Crippen molar-refractivity contribution in [3.05, 3.63) is 65.5 Å². The van der Waals surface area contributed by atoms with Crippen LogP contribution in [0.5, 0.6) is 5.75 Å². The van der Waals surface area contributed by atoms with Gasteiger partial charge in [-0.1, -0.05) is 18.2 Å². The Kier molecular flexibility index (Phi) is 8.13. The Morgan fingerprint density at radius 1 is 1.15 bits per heavy atom. The summed E-state index contributed by atoms with van der Waals surface area (Å²) in [6.45, 7) is 5.78. The van der Waals surface area contributed by atoms with Crippen molar-refractivity contribution in [1.82, 2.24) is 20.0 Å². The van der Waals surface area contributed by atoms with Crippen molar-refractivity contribution in [2.75, 3.05) is 52.9 Å². The second-order valence-corrected chi connectivity index (χ2v) is 9.14. The minimum Gasteiger partial charge on any atom is -0.492 e. The van der Waals surface area contributed by atoms with Crippen LogP contribution in [0, 0.1) is 5.82 Å². The first-order chi connectivity index (χ1) is 16.5. The fraction of sp³-hybridized carbons (Fsp3) is 0.462. The minimum absolute atomic E-state index is 0.118. The monoisotopic (exact) mass is 468 g/mol. The number of benzene rings is 2. The molecule has 0 saturated carbocycles. The van der Waals surface area contributed by atoms with E-state index in [1.165, 1.54) is 17.7 Å². The lowest BCUT2D eigenvalue weighted by Crippen LogP contribution is -2.49. The quantitative estimate of drug-likeness (QED) is 0.612. The van der Waals surface area contributed by atoms with E-state index < -0.39 is 0 Å². The number of rotatable bonds is 9. The number of nitrogens with one attached hydrogen (secondary N) is 1. The number of piperazine rings is 1. The summed E-state index contributed by atoms with van der Waals surface area (Å²) in [5, 5.41) is 3.01. The lowest BCUT2D eigenvalue weighted by molar-refractivity contribution is -0.119. The van der Waals surface area contributed by atoms with Crippen LogP contribution in [0.3, 0.4) is 0 Å². The molecular formula is C26H33FN4O3. The zero-order chi connectivity index (χ0) is 23.9. The molecule has 0 spiro atoms. The van der Waals surface area contributed by atoms with E-state index in [0.717, 1.165) is 44.9 Å². The van der Waals surface area contributed by atoms with Crippen LogP contribution in [0.4, 0.5) is 4.39 Å². The Bertz CT molecular complexity index is 994. The number of hydrogen-bond donors (Lipinski definition) is 1. The maximum absolute atomic E-state index is 13.4. The third kappa shape index (κ3) is 6.77. The molecule has 34 heavy (non-hydrogen) atoms. The zero-order valence-corrected chi connectivity index (χ0v) is 19.7. The maximum Gasteiger partial charge on any atom is 0.254 e. The molecule has 2 aromatic carbocycles. The molecule has 8 heteroatoms. The molecule has 2 aliphatic heterocycles. The molecule has 0 unspecified atom stereocenters. The summed E-state index contributed by atoms with van der Waals surface area (Å²) in [6, 6.07) is 14.2. The van der Waals surface area contributed by atoms with E-state index >= 15 is 0 Å². The standard InChI is InChI=1S/C26H33FN4O3/c1-29(19-23-8-9-25(32)28-23)18-20-4-2-7-24(16-20)34-15-14-30-10-12-31(13-11-30)26(33)21-5-3-6-22(27)17-21/h2-7,16-17,23H,8-15,18-19H2,1H3,(H,28,32)/t23-/m0/s1. The Hall–Kier alpha value is -2.97. The summed E-state index contributed by atoms with van der Waals surface area (Å²) >= 11 is 0. The number of carbonyl (C=O) groups excluding carboxylic acids is 2. The molecule has 0 bridgehead atoms. The van der Waals surface area contributed by atoms with Crippen molar-refractivity contribution in [2.24, 2.45) is 0 Å². The zero-order valence-electron chi connectivity index (χ0n) is 19.7. The number of ether oxygens (including phenoxy) is 1. The van der Waals surface area contributed by atoms with E-state index in [9.17, 15) is 14.0 Å². The van der Waals surface area contributed by atoms with Crippen molar-refractivity contribution in [2.45, 2.75) is 25.4 Å². The fourth-order valence-electron chi connectivity index (χ4n) is 4.57. The molecule has 0 aromatic heterocycles. The van der Waals surface area contributed by atoms with Crippen molar-refractivity contribution in [3.63, 3.8) is 0 Å². The van der Waals surface area contributed by atoms with Crippen LogP contribution in [0.1, 0.15) is 28.8 Å². The number of likely N-dealkylation sites (N-methyl/N-ethyl adjacent to an activating group) is 1. The Labute approximate surface area is 200 Å². The predicted octanol–water partition coefficient (Wildman–Crippen LogP) is 2.37. The van der Waals surface area contributed by atoms with E-state index in [2.05, 4.69) is 34.3 Å². The van der Waals surface area contributed by atoms with E-state index in [1.54, 1.807) is 17.0 Å². The first-order valence-electron chi connectivity index (χ1n) is 11.9. The van der Waals surface area contributed by atoms with Crippen LogP contribution in [0.2, 0.25) is 0 Å². The van der Waals surface area contributed by atoms with Gasteiger partial charge in [0.1, 0.15) is 18.2 Å². The van der Waals surface area contributed by atoms with Gasteiger partial charge in [0.25, 0.3) is 5.91 Å². The Balaban J connectivity index is 1.17. The van der Waals surface area contributed by atoms with Gasteiger partial charge in [0, 0.05) is 63.8 Å². The predicted molar refractivity (Wildman–Crippen MR) is 128 cm³/mol. The normalized spacial score (nSPS) is 18.9. The number of hydrogen-bond acceptors (Lipinski definition) is 5. The molecule has 4 rings (SSSR count). The van der Waals surface area contributed by atoms with Gasteiger partial charge in [0.15, 0.2) is 0 Å². The minimum atomic E-state index is -0.389. The van der Waals surface area contributed by atoms with Gasteiger partial charge in [-0.2, -0.15) is 0 Å². The second-order valence-electron chi connectivity index (χ2n) is 9.14. The highest BCUT2D eigenvalue weighted by Crippen LogP contribution is 2.16. The van der Waals surface area contributed by atoms with Crippen LogP contribution >= 0.6 is 0 Å². The average Bonchev–Trinajstić information content (AvgIpc) is 3.23. The lowest BCUT2D eigenvalue weighted by atomic mass is 10.1. The molecule has 2 aliphatic rings. The van der Waals surface area contributed by atoms with Crippen LogP contribution in [-0.4, -0.2) is 85.5 Å². The molecule has 2 aromatic rings. The molecule has 0 aliphatic carbocycles. The van der Waals surface area contributed by atoms with Crippen LogP contribution in [-0.2, 0) is 11.3 Å². The van der Waals surface area contributed by atoms with Crippen molar-refractivity contribution in [3.8, 4) is 5.75 Å². The number of nitrogens with zero attached hydrogens (tertiary/aromatic N) is 3.